The minimum Gasteiger partial charge on any atom is -0.301 e. The molecular formula is C12H32N4Si. The normalized spacial score (nSPS) is 13.4. The molecule has 104 valence electrons. The minimum absolute atomic E-state index is 0.160. The summed E-state index contributed by atoms with van der Waals surface area (Å²) in [7, 11) is -1.98. The Labute approximate surface area is 109 Å². The van der Waals surface area contributed by atoms with Gasteiger partial charge in [-0.15, -0.1) is 0 Å². The first kappa shape index (κ1) is 17.1. The Morgan fingerprint density at radius 1 is 0.824 bits per heavy atom. The van der Waals surface area contributed by atoms with Crippen molar-refractivity contribution in [1.29, 1.82) is 0 Å². The van der Waals surface area contributed by atoms with E-state index in [4.69, 9.17) is 0 Å². The quantitative estimate of drug-likeness (QED) is 0.577. The minimum atomic E-state index is -1.98. The van der Waals surface area contributed by atoms with E-state index in [0.29, 0.717) is 0 Å². The van der Waals surface area contributed by atoms with E-state index in [9.17, 15) is 0 Å². The Kier molecular flexibility index (Phi) is 7.51. The topological polar surface area (TPSA) is 39.3 Å². The third-order valence-corrected chi connectivity index (χ3v) is 7.22. The molecule has 0 radical (unpaired) electrons. The SMILES string of the molecule is CCN[Si](NCC)(NCC)N(CC)C(C)(C)C. The fourth-order valence-corrected chi connectivity index (χ4v) is 6.42. The van der Waals surface area contributed by atoms with Crippen molar-refractivity contribution in [2.45, 2.75) is 54.0 Å². The Morgan fingerprint density at radius 3 is 1.35 bits per heavy atom. The van der Waals surface area contributed by atoms with E-state index in [-0.39, 0.29) is 5.54 Å². The molecule has 0 aliphatic carbocycles. The average molecular weight is 261 g/mol. The second-order valence-electron chi connectivity index (χ2n) is 5.22. The highest BCUT2D eigenvalue weighted by atomic mass is 28.4. The van der Waals surface area contributed by atoms with Gasteiger partial charge in [0.25, 0.3) is 0 Å². The molecule has 0 saturated heterocycles. The largest absolute Gasteiger partial charge is 0.369 e. The van der Waals surface area contributed by atoms with Crippen LogP contribution < -0.4 is 14.9 Å². The van der Waals surface area contributed by atoms with Crippen molar-refractivity contribution in [2.75, 3.05) is 26.2 Å². The van der Waals surface area contributed by atoms with E-state index in [1.165, 1.54) is 0 Å². The zero-order valence-electron chi connectivity index (χ0n) is 12.8. The van der Waals surface area contributed by atoms with Gasteiger partial charge < -0.3 is 14.9 Å². The first-order valence-corrected chi connectivity index (χ1v) is 8.85. The van der Waals surface area contributed by atoms with E-state index in [0.717, 1.165) is 26.2 Å². The van der Waals surface area contributed by atoms with Crippen molar-refractivity contribution >= 4 is 8.72 Å². The number of rotatable bonds is 8. The van der Waals surface area contributed by atoms with Gasteiger partial charge >= 0.3 is 8.72 Å². The van der Waals surface area contributed by atoms with Gasteiger partial charge in [-0.25, -0.2) is 0 Å². The molecule has 0 aliphatic heterocycles. The lowest BCUT2D eigenvalue weighted by Gasteiger charge is -2.48. The zero-order chi connectivity index (χ0) is 13.5. The highest BCUT2D eigenvalue weighted by Gasteiger charge is 2.44. The summed E-state index contributed by atoms with van der Waals surface area (Å²) in [5.74, 6) is 0. The molecule has 0 amide bonds. The Hall–Kier alpha value is 0.0569. The molecule has 0 heterocycles. The van der Waals surface area contributed by atoms with Crippen LogP contribution in [0, 0.1) is 0 Å². The molecule has 0 unspecified atom stereocenters. The second kappa shape index (κ2) is 7.48. The maximum Gasteiger partial charge on any atom is 0.369 e. The van der Waals surface area contributed by atoms with Gasteiger partial charge in [0.1, 0.15) is 0 Å². The van der Waals surface area contributed by atoms with Crippen LogP contribution in [0.1, 0.15) is 48.5 Å². The lowest BCUT2D eigenvalue weighted by atomic mass is 10.1. The van der Waals surface area contributed by atoms with E-state index in [2.05, 4.69) is 68.0 Å². The summed E-state index contributed by atoms with van der Waals surface area (Å²) in [6.07, 6.45) is 0. The van der Waals surface area contributed by atoms with Crippen LogP contribution in [-0.2, 0) is 0 Å². The van der Waals surface area contributed by atoms with Crippen molar-refractivity contribution in [2.24, 2.45) is 0 Å². The third kappa shape index (κ3) is 4.67. The zero-order valence-corrected chi connectivity index (χ0v) is 13.8. The van der Waals surface area contributed by atoms with Crippen LogP contribution in [0.25, 0.3) is 0 Å². The number of nitrogens with zero attached hydrogens (tertiary/aromatic N) is 1. The van der Waals surface area contributed by atoms with Gasteiger partial charge in [-0.1, -0.05) is 27.7 Å². The van der Waals surface area contributed by atoms with Crippen molar-refractivity contribution in [3.05, 3.63) is 0 Å². The lowest BCUT2D eigenvalue weighted by molar-refractivity contribution is 0.230. The standard InChI is InChI=1S/C12H32N4Si/c1-8-13-17(14-9-2,15-10-3)16(11-4)12(5,6)7/h13-15H,8-11H2,1-7H3. The van der Waals surface area contributed by atoms with Crippen molar-refractivity contribution < 1.29 is 0 Å². The lowest BCUT2D eigenvalue weighted by Crippen LogP contribution is -2.83. The van der Waals surface area contributed by atoms with Gasteiger partial charge in [-0.2, -0.15) is 0 Å². The summed E-state index contributed by atoms with van der Waals surface area (Å²) in [6, 6.07) is 0. The molecule has 17 heavy (non-hydrogen) atoms. The van der Waals surface area contributed by atoms with Gasteiger partial charge in [0.05, 0.1) is 0 Å². The monoisotopic (exact) mass is 260 g/mol. The van der Waals surface area contributed by atoms with E-state index in [1.54, 1.807) is 0 Å². The van der Waals surface area contributed by atoms with Gasteiger partial charge in [0.2, 0.25) is 0 Å². The summed E-state index contributed by atoms with van der Waals surface area (Å²) in [5, 5.41) is 0. The third-order valence-electron chi connectivity index (χ3n) is 2.83. The van der Waals surface area contributed by atoms with Gasteiger partial charge in [0, 0.05) is 5.54 Å². The fraction of sp³-hybridized carbons (Fsp3) is 1.00. The molecule has 0 aliphatic rings. The van der Waals surface area contributed by atoms with E-state index < -0.39 is 8.72 Å². The Morgan fingerprint density at radius 2 is 1.18 bits per heavy atom. The number of hydrogen-bond donors (Lipinski definition) is 3. The summed E-state index contributed by atoms with van der Waals surface area (Å²) in [4.78, 5) is 11.1. The summed E-state index contributed by atoms with van der Waals surface area (Å²) in [5.41, 5.74) is 0.160. The van der Waals surface area contributed by atoms with Crippen LogP contribution in [0.2, 0.25) is 0 Å². The molecule has 0 saturated carbocycles. The molecular weight excluding hydrogens is 228 g/mol. The van der Waals surface area contributed by atoms with E-state index >= 15 is 0 Å². The Bertz CT molecular complexity index is 186. The molecule has 0 aromatic carbocycles. The Balaban J connectivity index is 5.19. The highest BCUT2D eigenvalue weighted by Crippen LogP contribution is 2.17. The van der Waals surface area contributed by atoms with Crippen LogP contribution in [0.4, 0.5) is 0 Å². The molecule has 5 heteroatoms. The molecule has 4 nitrogen and oxygen atoms in total. The van der Waals surface area contributed by atoms with Crippen LogP contribution in [0.15, 0.2) is 0 Å². The number of nitrogens with one attached hydrogen (secondary N) is 3. The van der Waals surface area contributed by atoms with E-state index in [1.807, 2.05) is 0 Å². The molecule has 3 N–H and O–H groups in total. The van der Waals surface area contributed by atoms with Crippen LogP contribution >= 0.6 is 0 Å². The van der Waals surface area contributed by atoms with Crippen molar-refractivity contribution in [3.8, 4) is 0 Å². The maximum absolute atomic E-state index is 3.70. The molecule has 0 rings (SSSR count). The average Bonchev–Trinajstić information content (AvgIpc) is 2.17. The highest BCUT2D eigenvalue weighted by molar-refractivity contribution is 6.70. The predicted molar refractivity (Wildman–Crippen MR) is 78.9 cm³/mol. The predicted octanol–water partition coefficient (Wildman–Crippen LogP) is 1.37. The summed E-state index contributed by atoms with van der Waals surface area (Å²) in [6.45, 7) is 19.6. The smallest absolute Gasteiger partial charge is 0.301 e. The second-order valence-corrected chi connectivity index (χ2v) is 8.24. The molecule has 0 atom stereocenters. The number of hydrogen-bond acceptors (Lipinski definition) is 4. The maximum atomic E-state index is 3.70. The van der Waals surface area contributed by atoms with Gasteiger partial charge in [-0.3, -0.25) is 4.57 Å². The van der Waals surface area contributed by atoms with Gasteiger partial charge in [0.15, 0.2) is 0 Å². The van der Waals surface area contributed by atoms with Crippen molar-refractivity contribution in [1.82, 2.24) is 19.5 Å². The molecule has 0 spiro atoms. The summed E-state index contributed by atoms with van der Waals surface area (Å²) >= 11 is 0. The van der Waals surface area contributed by atoms with Crippen LogP contribution in [-0.4, -0.2) is 45.0 Å². The first-order valence-electron chi connectivity index (χ1n) is 6.90. The first-order chi connectivity index (χ1) is 7.87. The molecule has 0 bridgehead atoms. The van der Waals surface area contributed by atoms with Gasteiger partial charge in [-0.05, 0) is 47.0 Å². The van der Waals surface area contributed by atoms with Crippen LogP contribution in [0.3, 0.4) is 0 Å². The fourth-order valence-electron chi connectivity index (χ4n) is 2.46. The molecule has 0 aromatic rings. The van der Waals surface area contributed by atoms with Crippen molar-refractivity contribution in [3.63, 3.8) is 0 Å². The summed E-state index contributed by atoms with van der Waals surface area (Å²) < 4.78 is 2.57. The molecule has 0 aromatic heterocycles. The molecule has 0 fully saturated rings. The van der Waals surface area contributed by atoms with Crippen LogP contribution in [0.5, 0.6) is 0 Å².